The van der Waals surface area contributed by atoms with Crippen LogP contribution in [0.15, 0.2) is 0 Å². The second-order valence-corrected chi connectivity index (χ2v) is 17.5. The van der Waals surface area contributed by atoms with Gasteiger partial charge in [-0.1, -0.05) is 41.5 Å². The topological polar surface area (TPSA) is 59.0 Å². The number of carbonyl (C=O) groups excluding carboxylic acids is 1. The van der Waals surface area contributed by atoms with Gasteiger partial charge in [0.05, 0.1) is 17.8 Å². The van der Waals surface area contributed by atoms with Gasteiger partial charge in [0, 0.05) is 13.0 Å². The van der Waals surface area contributed by atoms with Gasteiger partial charge in [-0.15, -0.1) is 0 Å². The van der Waals surface area contributed by atoms with Crippen molar-refractivity contribution in [3.8, 4) is 0 Å². The largest absolute Gasteiger partial charge is 0.457 e. The number of hydrogen-bond donors (Lipinski definition) is 1. The van der Waals surface area contributed by atoms with Gasteiger partial charge in [-0.2, -0.15) is 0 Å². The number of rotatable bonds is 4. The van der Waals surface area contributed by atoms with Gasteiger partial charge in [0.1, 0.15) is 0 Å². The first kappa shape index (κ1) is 29.4. The normalized spacial score (nSPS) is 53.4. The summed E-state index contributed by atoms with van der Waals surface area (Å²) < 4.78 is 12.7. The number of ether oxygens (including phenoxy) is 2. The summed E-state index contributed by atoms with van der Waals surface area (Å²) in [6.07, 6.45) is 9.41. The summed E-state index contributed by atoms with van der Waals surface area (Å²) in [4.78, 5) is 14.5. The number of esters is 1. The molecule has 228 valence electrons. The predicted molar refractivity (Wildman–Crippen MR) is 159 cm³/mol. The lowest BCUT2D eigenvalue weighted by Crippen LogP contribution is -2.59. The molecule has 6 fully saturated rings. The summed E-state index contributed by atoms with van der Waals surface area (Å²) in [7, 11) is 4.60. The Morgan fingerprint density at radius 1 is 0.975 bits per heavy atom. The zero-order valence-electron chi connectivity index (χ0n) is 27.5. The Kier molecular flexibility index (Phi) is 6.41. The summed E-state index contributed by atoms with van der Waals surface area (Å²) in [5, 5.41) is 11.0. The van der Waals surface area contributed by atoms with Gasteiger partial charge in [0.25, 0.3) is 0 Å². The Balaban J connectivity index is 1.33. The fourth-order valence-electron chi connectivity index (χ4n) is 14.0. The molecule has 1 saturated heterocycles. The molecule has 5 unspecified atom stereocenters. The van der Waals surface area contributed by atoms with Crippen molar-refractivity contribution in [1.29, 1.82) is 0 Å². The van der Waals surface area contributed by atoms with Crippen molar-refractivity contribution in [3.63, 3.8) is 0 Å². The summed E-state index contributed by atoms with van der Waals surface area (Å²) in [5.74, 6) is 3.05. The van der Waals surface area contributed by atoms with Crippen molar-refractivity contribution in [2.45, 2.75) is 144 Å². The molecule has 5 saturated carbocycles. The Hall–Kier alpha value is -0.650. The Morgan fingerprint density at radius 2 is 1.60 bits per heavy atom. The minimum Gasteiger partial charge on any atom is -0.457 e. The minimum atomic E-state index is -1.14. The molecule has 40 heavy (non-hydrogen) atoms. The van der Waals surface area contributed by atoms with Crippen LogP contribution in [0.4, 0.5) is 0 Å². The van der Waals surface area contributed by atoms with Gasteiger partial charge in [0.2, 0.25) is 0 Å². The van der Waals surface area contributed by atoms with Crippen molar-refractivity contribution < 1.29 is 19.4 Å². The molecule has 2 spiro atoms. The first-order valence-corrected chi connectivity index (χ1v) is 16.6. The summed E-state index contributed by atoms with van der Waals surface area (Å²) in [6.45, 7) is 20.5. The van der Waals surface area contributed by atoms with E-state index in [1.165, 1.54) is 45.4 Å². The highest BCUT2D eigenvalue weighted by Gasteiger charge is 2.86. The first-order valence-electron chi connectivity index (χ1n) is 16.6. The number of nitrogens with zero attached hydrogens (tertiary/aromatic N) is 1. The molecule has 6 rings (SSSR count). The molecule has 1 aliphatic heterocycles. The lowest BCUT2D eigenvalue weighted by molar-refractivity contribution is -0.209. The van der Waals surface area contributed by atoms with Crippen LogP contribution in [0.5, 0.6) is 0 Å². The fourth-order valence-corrected chi connectivity index (χ4v) is 14.0. The molecule has 5 nitrogen and oxygen atoms in total. The molecule has 0 aromatic rings. The van der Waals surface area contributed by atoms with Crippen LogP contribution in [0.1, 0.15) is 114 Å². The highest BCUT2D eigenvalue weighted by molar-refractivity contribution is 5.66. The van der Waals surface area contributed by atoms with Crippen LogP contribution in [-0.4, -0.2) is 60.0 Å². The average Bonchev–Trinajstić information content (AvgIpc) is 3.23. The minimum absolute atomic E-state index is 0.169. The summed E-state index contributed by atoms with van der Waals surface area (Å²) >= 11 is 0. The Labute approximate surface area is 244 Å². The van der Waals surface area contributed by atoms with Crippen molar-refractivity contribution in [2.24, 2.45) is 56.7 Å². The molecule has 6 aliphatic rings. The lowest BCUT2D eigenvalue weighted by atomic mass is 9.41. The molecular formula is C35H59NO4. The van der Waals surface area contributed by atoms with Gasteiger partial charge < -0.3 is 19.5 Å². The predicted octanol–water partition coefficient (Wildman–Crippen LogP) is 6.71. The zero-order chi connectivity index (χ0) is 29.4. The van der Waals surface area contributed by atoms with Crippen LogP contribution in [0, 0.1) is 56.7 Å². The number of hydrogen-bond acceptors (Lipinski definition) is 5. The smallest absolute Gasteiger partial charge is 0.303 e. The highest BCUT2D eigenvalue weighted by Crippen LogP contribution is 2.91. The third-order valence-electron chi connectivity index (χ3n) is 15.3. The van der Waals surface area contributed by atoms with Gasteiger partial charge in [0.15, 0.2) is 6.10 Å². The average molecular weight is 558 g/mol. The van der Waals surface area contributed by atoms with E-state index in [-0.39, 0.29) is 29.0 Å². The van der Waals surface area contributed by atoms with Crippen molar-refractivity contribution in [1.82, 2.24) is 4.90 Å². The van der Waals surface area contributed by atoms with Crippen molar-refractivity contribution in [2.75, 3.05) is 14.1 Å². The number of carbonyl (C=O) groups is 1. The Morgan fingerprint density at radius 3 is 2.20 bits per heavy atom. The zero-order valence-corrected chi connectivity index (χ0v) is 27.5. The maximum absolute atomic E-state index is 12.0. The quantitative estimate of drug-likeness (QED) is 0.390. The third kappa shape index (κ3) is 3.41. The number of aliphatic hydroxyl groups is 1. The van der Waals surface area contributed by atoms with E-state index in [0.717, 1.165) is 30.6 Å². The SMILES string of the molecule is CC(=O)O[C@@H]([C@H]1CC(C)C2[C@@H](C[C@@]3(C)[C@@H]4CCC5C(C)(C)C(N(C)C)CCC56[C@@H](C)[C@@]46CC[C@]23C)O1)C(C)(C)O. The lowest BCUT2D eigenvalue weighted by Gasteiger charge is -2.64. The van der Waals surface area contributed by atoms with E-state index >= 15 is 0 Å². The molecule has 0 amide bonds. The first-order chi connectivity index (χ1) is 18.4. The van der Waals surface area contributed by atoms with E-state index < -0.39 is 11.7 Å². The molecule has 0 radical (unpaired) electrons. The molecule has 5 heteroatoms. The van der Waals surface area contributed by atoms with E-state index in [0.29, 0.717) is 34.1 Å². The van der Waals surface area contributed by atoms with Gasteiger partial charge in [-0.3, -0.25) is 4.79 Å². The molecular weight excluding hydrogens is 498 g/mol. The van der Waals surface area contributed by atoms with Crippen LogP contribution < -0.4 is 0 Å². The second-order valence-electron chi connectivity index (χ2n) is 17.5. The monoisotopic (exact) mass is 557 g/mol. The second kappa shape index (κ2) is 8.72. The van der Waals surface area contributed by atoms with E-state index in [1.807, 2.05) is 0 Å². The third-order valence-corrected chi connectivity index (χ3v) is 15.3. The van der Waals surface area contributed by atoms with Crippen molar-refractivity contribution in [3.05, 3.63) is 0 Å². The van der Waals surface area contributed by atoms with Crippen LogP contribution in [0.2, 0.25) is 0 Å². The van der Waals surface area contributed by atoms with Gasteiger partial charge in [-0.25, -0.2) is 0 Å². The molecule has 1 heterocycles. The van der Waals surface area contributed by atoms with Crippen LogP contribution in [-0.2, 0) is 14.3 Å². The molecule has 0 aromatic heterocycles. The molecule has 13 atom stereocenters. The Bertz CT molecular complexity index is 1050. The van der Waals surface area contributed by atoms with Crippen molar-refractivity contribution >= 4 is 5.97 Å². The van der Waals surface area contributed by atoms with Gasteiger partial charge in [-0.05, 0) is 136 Å². The van der Waals surface area contributed by atoms with Gasteiger partial charge >= 0.3 is 5.97 Å². The standard InChI is InChI=1S/C35H59NO4/c1-20-18-23(29(31(6,7)38)39-22(3)37)40-24-19-33(9)26-13-12-25-30(4,5)27(36(10)11)14-15-34(25)21(2)35(26,34)17-16-32(33,8)28(20)24/h20-21,23-29,38H,12-19H2,1-11H3/t20?,21-,23-,24-,25?,26+,27?,28?,29+,32-,33+,34?,35+/m1/s1. The van der Waals surface area contributed by atoms with E-state index in [2.05, 4.69) is 60.5 Å². The fraction of sp³-hybridized carbons (Fsp3) is 0.971. The summed E-state index contributed by atoms with van der Waals surface area (Å²) in [6, 6.07) is 0.676. The molecule has 1 N–H and O–H groups in total. The summed E-state index contributed by atoms with van der Waals surface area (Å²) in [5.41, 5.74) is 0.724. The van der Waals surface area contributed by atoms with Crippen LogP contribution in [0.25, 0.3) is 0 Å². The number of fused-ring (bicyclic) bond motifs is 4. The molecule has 0 bridgehead atoms. The van der Waals surface area contributed by atoms with Crippen LogP contribution >= 0.6 is 0 Å². The van der Waals surface area contributed by atoms with Crippen LogP contribution in [0.3, 0.4) is 0 Å². The maximum atomic E-state index is 12.0. The molecule has 0 aromatic carbocycles. The van der Waals surface area contributed by atoms with E-state index in [9.17, 15) is 9.90 Å². The van der Waals surface area contributed by atoms with E-state index in [4.69, 9.17) is 9.47 Å². The molecule has 5 aliphatic carbocycles. The maximum Gasteiger partial charge on any atom is 0.303 e. The van der Waals surface area contributed by atoms with E-state index in [1.54, 1.807) is 13.8 Å². The highest BCUT2D eigenvalue weighted by atomic mass is 16.6.